The van der Waals surface area contributed by atoms with Crippen LogP contribution in [0.5, 0.6) is 5.75 Å². The molecule has 0 aliphatic carbocycles. The SMILES string of the molecule is O=C(Nc1nc(-c2ccc[nH]2)cs1)c1occc1COc1ccccc1. The van der Waals surface area contributed by atoms with Crippen molar-refractivity contribution in [3.05, 3.63) is 77.7 Å². The Balaban J connectivity index is 1.43. The molecule has 0 unspecified atom stereocenters. The van der Waals surface area contributed by atoms with Gasteiger partial charge in [-0.3, -0.25) is 10.1 Å². The van der Waals surface area contributed by atoms with Gasteiger partial charge >= 0.3 is 0 Å². The number of carbonyl (C=O) groups excluding carboxylic acids is 1. The van der Waals surface area contributed by atoms with Crippen molar-refractivity contribution in [3.8, 4) is 17.1 Å². The number of H-pyrrole nitrogens is 1. The van der Waals surface area contributed by atoms with E-state index in [4.69, 9.17) is 9.15 Å². The van der Waals surface area contributed by atoms with Crippen LogP contribution in [0.2, 0.25) is 0 Å². The summed E-state index contributed by atoms with van der Waals surface area (Å²) in [5.74, 6) is 0.599. The molecule has 1 aromatic carbocycles. The molecule has 0 saturated carbocycles. The van der Waals surface area contributed by atoms with Crippen molar-refractivity contribution in [3.63, 3.8) is 0 Å². The Kier molecular flexibility index (Phi) is 4.53. The van der Waals surface area contributed by atoms with Crippen molar-refractivity contribution in [1.82, 2.24) is 9.97 Å². The molecule has 26 heavy (non-hydrogen) atoms. The molecule has 7 heteroatoms. The number of nitrogens with one attached hydrogen (secondary N) is 2. The van der Waals surface area contributed by atoms with Crippen LogP contribution in [0.4, 0.5) is 5.13 Å². The molecule has 6 nitrogen and oxygen atoms in total. The molecule has 130 valence electrons. The predicted octanol–water partition coefficient (Wildman–Crippen LogP) is 4.56. The Hall–Kier alpha value is -3.32. The predicted molar refractivity (Wildman–Crippen MR) is 99.3 cm³/mol. The first-order chi connectivity index (χ1) is 12.8. The van der Waals surface area contributed by atoms with Crippen LogP contribution in [-0.2, 0) is 6.61 Å². The van der Waals surface area contributed by atoms with Gasteiger partial charge in [0.1, 0.15) is 12.4 Å². The van der Waals surface area contributed by atoms with Gasteiger partial charge in [-0.2, -0.15) is 0 Å². The highest BCUT2D eigenvalue weighted by molar-refractivity contribution is 7.14. The van der Waals surface area contributed by atoms with Crippen molar-refractivity contribution in [2.24, 2.45) is 0 Å². The van der Waals surface area contributed by atoms with Gasteiger partial charge in [0.15, 0.2) is 10.9 Å². The quantitative estimate of drug-likeness (QED) is 0.525. The number of benzene rings is 1. The van der Waals surface area contributed by atoms with Gasteiger partial charge in [-0.15, -0.1) is 11.3 Å². The number of carbonyl (C=O) groups is 1. The maximum atomic E-state index is 12.5. The number of hydrogen-bond donors (Lipinski definition) is 2. The normalized spacial score (nSPS) is 10.6. The van der Waals surface area contributed by atoms with Crippen LogP contribution in [0.1, 0.15) is 16.1 Å². The third-order valence-corrected chi connectivity index (χ3v) is 4.45. The van der Waals surface area contributed by atoms with Crippen molar-refractivity contribution in [2.75, 3.05) is 5.32 Å². The van der Waals surface area contributed by atoms with Crippen LogP contribution in [0.15, 0.2) is 70.8 Å². The van der Waals surface area contributed by atoms with E-state index in [1.807, 2.05) is 54.0 Å². The largest absolute Gasteiger partial charge is 0.489 e. The summed E-state index contributed by atoms with van der Waals surface area (Å²) in [6, 6.07) is 15.0. The maximum absolute atomic E-state index is 12.5. The topological polar surface area (TPSA) is 80.2 Å². The third kappa shape index (κ3) is 3.52. The fourth-order valence-corrected chi connectivity index (χ4v) is 3.13. The van der Waals surface area contributed by atoms with E-state index in [1.165, 1.54) is 17.6 Å². The molecule has 0 spiro atoms. The second-order valence-electron chi connectivity index (χ2n) is 5.45. The number of nitrogens with zero attached hydrogens (tertiary/aromatic N) is 1. The summed E-state index contributed by atoms with van der Waals surface area (Å²) in [5.41, 5.74) is 2.35. The molecule has 0 fully saturated rings. The summed E-state index contributed by atoms with van der Waals surface area (Å²) in [4.78, 5) is 20.0. The molecule has 4 aromatic rings. The van der Waals surface area contributed by atoms with Gasteiger partial charge < -0.3 is 14.1 Å². The number of amides is 1. The second-order valence-corrected chi connectivity index (χ2v) is 6.31. The minimum atomic E-state index is -0.353. The van der Waals surface area contributed by atoms with Crippen molar-refractivity contribution in [2.45, 2.75) is 6.61 Å². The summed E-state index contributed by atoms with van der Waals surface area (Å²) < 4.78 is 11.0. The lowest BCUT2D eigenvalue weighted by atomic mass is 10.2. The number of aromatic amines is 1. The first-order valence-corrected chi connectivity index (χ1v) is 8.82. The number of para-hydroxylation sites is 1. The van der Waals surface area contributed by atoms with E-state index in [0.29, 0.717) is 10.7 Å². The van der Waals surface area contributed by atoms with Crippen LogP contribution in [-0.4, -0.2) is 15.9 Å². The highest BCUT2D eigenvalue weighted by Gasteiger charge is 2.18. The van der Waals surface area contributed by atoms with Gasteiger partial charge in [-0.1, -0.05) is 18.2 Å². The number of thiazole rings is 1. The van der Waals surface area contributed by atoms with E-state index in [2.05, 4.69) is 15.3 Å². The number of ether oxygens (including phenoxy) is 1. The Morgan fingerprint density at radius 1 is 1.19 bits per heavy atom. The molecule has 3 aromatic heterocycles. The second kappa shape index (κ2) is 7.28. The summed E-state index contributed by atoms with van der Waals surface area (Å²) in [6.07, 6.45) is 3.31. The minimum absolute atomic E-state index is 0.220. The number of hydrogen-bond acceptors (Lipinski definition) is 5. The number of furan rings is 1. The van der Waals surface area contributed by atoms with Gasteiger partial charge in [0, 0.05) is 17.1 Å². The van der Waals surface area contributed by atoms with Crippen molar-refractivity contribution < 1.29 is 13.9 Å². The molecule has 0 radical (unpaired) electrons. The average Bonchev–Trinajstić information content (AvgIpc) is 3.41. The van der Waals surface area contributed by atoms with E-state index in [1.54, 1.807) is 6.07 Å². The maximum Gasteiger partial charge on any atom is 0.293 e. The molecule has 0 bridgehead atoms. The zero-order valence-corrected chi connectivity index (χ0v) is 14.5. The van der Waals surface area contributed by atoms with Crippen LogP contribution in [0.3, 0.4) is 0 Å². The molecule has 0 atom stereocenters. The standard InChI is InChI=1S/C19H15N3O3S/c23-18(22-19-21-16(12-26-19)15-7-4-9-20-15)17-13(8-10-24-17)11-25-14-5-2-1-3-6-14/h1-10,12,20H,11H2,(H,21,22,23). The summed E-state index contributed by atoms with van der Waals surface area (Å²) in [5, 5.41) is 5.15. The molecule has 0 saturated heterocycles. The monoisotopic (exact) mass is 365 g/mol. The molecular formula is C19H15N3O3S. The molecular weight excluding hydrogens is 350 g/mol. The van der Waals surface area contributed by atoms with E-state index < -0.39 is 0 Å². The van der Waals surface area contributed by atoms with Crippen molar-refractivity contribution in [1.29, 1.82) is 0 Å². The van der Waals surface area contributed by atoms with Gasteiger partial charge in [0.05, 0.1) is 17.7 Å². The first kappa shape index (κ1) is 16.2. The molecule has 1 amide bonds. The van der Waals surface area contributed by atoms with E-state index in [-0.39, 0.29) is 18.3 Å². The number of anilines is 1. The lowest BCUT2D eigenvalue weighted by molar-refractivity contribution is 0.0993. The van der Waals surface area contributed by atoms with Crippen LogP contribution >= 0.6 is 11.3 Å². The van der Waals surface area contributed by atoms with E-state index in [0.717, 1.165) is 17.1 Å². The highest BCUT2D eigenvalue weighted by Crippen LogP contribution is 2.24. The fraction of sp³-hybridized carbons (Fsp3) is 0.0526. The zero-order valence-electron chi connectivity index (χ0n) is 13.6. The number of rotatable bonds is 6. The van der Waals surface area contributed by atoms with Crippen LogP contribution in [0.25, 0.3) is 11.4 Å². The van der Waals surface area contributed by atoms with E-state index >= 15 is 0 Å². The van der Waals surface area contributed by atoms with Crippen molar-refractivity contribution >= 4 is 22.4 Å². The van der Waals surface area contributed by atoms with Gasteiger partial charge in [-0.05, 0) is 30.3 Å². The smallest absolute Gasteiger partial charge is 0.293 e. The zero-order chi connectivity index (χ0) is 17.8. The lowest BCUT2D eigenvalue weighted by Crippen LogP contribution is -2.13. The molecule has 0 aliphatic heterocycles. The van der Waals surface area contributed by atoms with E-state index in [9.17, 15) is 4.79 Å². The van der Waals surface area contributed by atoms with Gasteiger partial charge in [0.25, 0.3) is 5.91 Å². The Labute approximate surface area is 153 Å². The third-order valence-electron chi connectivity index (χ3n) is 3.69. The average molecular weight is 365 g/mol. The minimum Gasteiger partial charge on any atom is -0.489 e. The van der Waals surface area contributed by atoms with Crippen LogP contribution in [0, 0.1) is 0 Å². The Morgan fingerprint density at radius 2 is 2.08 bits per heavy atom. The lowest BCUT2D eigenvalue weighted by Gasteiger charge is -2.06. The first-order valence-electron chi connectivity index (χ1n) is 7.94. The summed E-state index contributed by atoms with van der Waals surface area (Å²) in [6.45, 7) is 0.245. The molecule has 2 N–H and O–H groups in total. The molecule has 0 aliphatic rings. The van der Waals surface area contributed by atoms with Gasteiger partial charge in [-0.25, -0.2) is 4.98 Å². The highest BCUT2D eigenvalue weighted by atomic mass is 32.1. The summed E-state index contributed by atoms with van der Waals surface area (Å²) in [7, 11) is 0. The fourth-order valence-electron chi connectivity index (χ4n) is 2.42. The molecule has 3 heterocycles. The molecule has 4 rings (SSSR count). The van der Waals surface area contributed by atoms with Crippen LogP contribution < -0.4 is 10.1 Å². The summed E-state index contributed by atoms with van der Waals surface area (Å²) >= 11 is 1.35. The number of aromatic nitrogens is 2. The Bertz CT molecular complexity index is 990. The van der Waals surface area contributed by atoms with Gasteiger partial charge in [0.2, 0.25) is 0 Å². The Morgan fingerprint density at radius 3 is 2.88 bits per heavy atom.